The highest BCUT2D eigenvalue weighted by Crippen LogP contribution is 2.27. The molecule has 0 aliphatic heterocycles. The van der Waals surface area contributed by atoms with Crippen molar-refractivity contribution in [2.75, 3.05) is 12.4 Å². The maximum atomic E-state index is 13.0. The van der Waals surface area contributed by atoms with Crippen LogP contribution in [0.5, 0.6) is 5.75 Å². The zero-order chi connectivity index (χ0) is 24.0. The summed E-state index contributed by atoms with van der Waals surface area (Å²) in [5, 5.41) is 2.75. The summed E-state index contributed by atoms with van der Waals surface area (Å²) in [6, 6.07) is 13.1. The molecule has 1 saturated carbocycles. The van der Waals surface area contributed by atoms with Gasteiger partial charge in [0.05, 0.1) is 4.90 Å². The van der Waals surface area contributed by atoms with Crippen molar-refractivity contribution in [1.29, 1.82) is 0 Å². The molecule has 2 heterocycles. The van der Waals surface area contributed by atoms with Crippen LogP contribution >= 0.6 is 0 Å². The first-order chi connectivity index (χ1) is 16.4. The lowest BCUT2D eigenvalue weighted by Crippen LogP contribution is -2.38. The van der Waals surface area contributed by atoms with Crippen LogP contribution in [0.25, 0.3) is 0 Å². The van der Waals surface area contributed by atoms with Crippen molar-refractivity contribution >= 4 is 21.7 Å². The molecule has 3 aromatic rings. The fourth-order valence-corrected chi connectivity index (χ4v) is 5.42. The summed E-state index contributed by atoms with van der Waals surface area (Å²) in [6.07, 6.45) is 9.93. The SMILES string of the molecule is CN(C1CCCCC1)S(=O)(=O)c1ccc(C(=O)Nc2ncccc2OCc2ccncc2)cc1. The summed E-state index contributed by atoms with van der Waals surface area (Å²) in [5.74, 6) is 0.313. The molecular weight excluding hydrogens is 452 g/mol. The van der Waals surface area contributed by atoms with Crippen molar-refractivity contribution in [1.82, 2.24) is 14.3 Å². The highest BCUT2D eigenvalue weighted by molar-refractivity contribution is 7.89. The average molecular weight is 481 g/mol. The second-order valence-electron chi connectivity index (χ2n) is 8.29. The van der Waals surface area contributed by atoms with Gasteiger partial charge < -0.3 is 10.1 Å². The summed E-state index contributed by atoms with van der Waals surface area (Å²) in [4.78, 5) is 21.2. The predicted octanol–water partition coefficient (Wildman–Crippen LogP) is 4.26. The summed E-state index contributed by atoms with van der Waals surface area (Å²) < 4.78 is 33.4. The highest BCUT2D eigenvalue weighted by atomic mass is 32.2. The molecule has 4 rings (SSSR count). The Balaban J connectivity index is 1.43. The van der Waals surface area contributed by atoms with Gasteiger partial charge in [-0.3, -0.25) is 9.78 Å². The summed E-state index contributed by atoms with van der Waals surface area (Å²) in [7, 11) is -1.98. The average Bonchev–Trinajstić information content (AvgIpc) is 2.89. The number of hydrogen-bond acceptors (Lipinski definition) is 6. The molecule has 1 aliphatic carbocycles. The number of carbonyl (C=O) groups is 1. The van der Waals surface area contributed by atoms with Crippen molar-refractivity contribution in [3.63, 3.8) is 0 Å². The zero-order valence-electron chi connectivity index (χ0n) is 19.1. The topological polar surface area (TPSA) is 101 Å². The van der Waals surface area contributed by atoms with E-state index in [4.69, 9.17) is 4.74 Å². The molecule has 0 unspecified atom stereocenters. The predicted molar refractivity (Wildman–Crippen MR) is 129 cm³/mol. The van der Waals surface area contributed by atoms with Crippen molar-refractivity contribution in [2.24, 2.45) is 0 Å². The Morgan fingerprint density at radius 1 is 1.03 bits per heavy atom. The van der Waals surface area contributed by atoms with E-state index in [9.17, 15) is 13.2 Å². The van der Waals surface area contributed by atoms with E-state index < -0.39 is 15.9 Å². The first-order valence-electron chi connectivity index (χ1n) is 11.3. The van der Waals surface area contributed by atoms with Crippen molar-refractivity contribution < 1.29 is 17.9 Å². The number of nitrogens with one attached hydrogen (secondary N) is 1. The quantitative estimate of drug-likeness (QED) is 0.517. The fourth-order valence-electron chi connectivity index (χ4n) is 4.01. The van der Waals surface area contributed by atoms with Crippen LogP contribution in [-0.4, -0.2) is 41.7 Å². The lowest BCUT2D eigenvalue weighted by atomic mass is 9.96. The Morgan fingerprint density at radius 2 is 1.74 bits per heavy atom. The van der Waals surface area contributed by atoms with Crippen LogP contribution in [-0.2, 0) is 16.6 Å². The normalized spacial score (nSPS) is 14.6. The van der Waals surface area contributed by atoms with Gasteiger partial charge in [-0.15, -0.1) is 0 Å². The molecule has 1 aromatic carbocycles. The second-order valence-corrected chi connectivity index (χ2v) is 10.3. The van der Waals surface area contributed by atoms with E-state index in [0.29, 0.717) is 17.9 Å². The molecule has 2 aromatic heterocycles. The van der Waals surface area contributed by atoms with Crippen LogP contribution < -0.4 is 10.1 Å². The Labute approximate surface area is 200 Å². The first-order valence-corrected chi connectivity index (χ1v) is 12.8. The maximum absolute atomic E-state index is 13.0. The van der Waals surface area contributed by atoms with E-state index in [0.717, 1.165) is 37.7 Å². The van der Waals surface area contributed by atoms with Gasteiger partial charge in [0.2, 0.25) is 10.0 Å². The zero-order valence-corrected chi connectivity index (χ0v) is 19.9. The fraction of sp³-hybridized carbons (Fsp3) is 0.320. The van der Waals surface area contributed by atoms with Gasteiger partial charge >= 0.3 is 0 Å². The molecule has 9 heteroatoms. The lowest BCUT2D eigenvalue weighted by Gasteiger charge is -2.30. The van der Waals surface area contributed by atoms with Gasteiger partial charge in [0, 0.05) is 37.2 Å². The van der Waals surface area contributed by atoms with Gasteiger partial charge in [0.1, 0.15) is 6.61 Å². The first kappa shape index (κ1) is 23.8. The summed E-state index contributed by atoms with van der Waals surface area (Å²) in [5.41, 5.74) is 1.26. The number of carbonyl (C=O) groups excluding carboxylic acids is 1. The van der Waals surface area contributed by atoms with E-state index in [-0.39, 0.29) is 16.8 Å². The lowest BCUT2D eigenvalue weighted by molar-refractivity contribution is 0.102. The Kier molecular flexibility index (Phi) is 7.54. The number of pyridine rings is 2. The van der Waals surface area contributed by atoms with E-state index in [1.165, 1.54) is 28.6 Å². The van der Waals surface area contributed by atoms with E-state index in [2.05, 4.69) is 15.3 Å². The highest BCUT2D eigenvalue weighted by Gasteiger charge is 2.29. The third-order valence-corrected chi connectivity index (χ3v) is 7.95. The minimum absolute atomic E-state index is 0.0245. The third-order valence-electron chi connectivity index (χ3n) is 6.03. The number of rotatable bonds is 8. The molecule has 0 saturated heterocycles. The van der Waals surface area contributed by atoms with Crippen LogP contribution in [0.4, 0.5) is 5.82 Å². The van der Waals surface area contributed by atoms with Crippen molar-refractivity contribution in [2.45, 2.75) is 49.6 Å². The van der Waals surface area contributed by atoms with Gasteiger partial charge in [-0.1, -0.05) is 19.3 Å². The van der Waals surface area contributed by atoms with Crippen molar-refractivity contribution in [3.05, 3.63) is 78.2 Å². The molecule has 1 amide bonds. The van der Waals surface area contributed by atoms with Crippen LogP contribution in [0.2, 0.25) is 0 Å². The Morgan fingerprint density at radius 3 is 2.44 bits per heavy atom. The molecule has 34 heavy (non-hydrogen) atoms. The molecule has 1 N–H and O–H groups in total. The molecule has 178 valence electrons. The summed E-state index contributed by atoms with van der Waals surface area (Å²) in [6.45, 7) is 0.304. The number of benzene rings is 1. The van der Waals surface area contributed by atoms with Crippen LogP contribution in [0.1, 0.15) is 48.0 Å². The van der Waals surface area contributed by atoms with Gasteiger partial charge in [-0.05, 0) is 66.9 Å². The molecule has 0 spiro atoms. The standard InChI is InChI=1S/C25H28N4O4S/c1-29(21-6-3-2-4-7-21)34(31,32)22-11-9-20(10-12-22)25(30)28-24-23(8-5-15-27-24)33-18-19-13-16-26-17-14-19/h5,8-17,21H,2-4,6-7,18H2,1H3,(H,27,28,30). The summed E-state index contributed by atoms with van der Waals surface area (Å²) >= 11 is 0. The smallest absolute Gasteiger partial charge is 0.256 e. The number of aromatic nitrogens is 2. The van der Waals surface area contributed by atoms with Gasteiger partial charge in [-0.25, -0.2) is 13.4 Å². The molecular formula is C25H28N4O4S. The van der Waals surface area contributed by atoms with E-state index in [1.54, 1.807) is 37.8 Å². The van der Waals surface area contributed by atoms with Gasteiger partial charge in [0.25, 0.3) is 5.91 Å². The molecule has 0 atom stereocenters. The minimum atomic E-state index is -3.62. The molecule has 8 nitrogen and oxygen atoms in total. The Hall–Kier alpha value is -3.30. The molecule has 1 fully saturated rings. The van der Waals surface area contributed by atoms with Crippen molar-refractivity contribution in [3.8, 4) is 5.75 Å². The number of anilines is 1. The maximum Gasteiger partial charge on any atom is 0.256 e. The molecule has 0 radical (unpaired) electrons. The molecule has 1 aliphatic rings. The van der Waals surface area contributed by atoms with E-state index >= 15 is 0 Å². The number of sulfonamides is 1. The number of ether oxygens (including phenoxy) is 1. The minimum Gasteiger partial charge on any atom is -0.485 e. The number of amides is 1. The number of hydrogen-bond donors (Lipinski definition) is 1. The monoisotopic (exact) mass is 480 g/mol. The van der Waals surface area contributed by atoms with Crippen LogP contribution in [0.15, 0.2) is 72.0 Å². The second kappa shape index (κ2) is 10.8. The third kappa shape index (κ3) is 5.60. The van der Waals surface area contributed by atoms with Crippen LogP contribution in [0.3, 0.4) is 0 Å². The van der Waals surface area contributed by atoms with Gasteiger partial charge in [0.15, 0.2) is 11.6 Å². The Bertz CT molecular complexity index is 1210. The van der Waals surface area contributed by atoms with Crippen LogP contribution in [0, 0.1) is 0 Å². The van der Waals surface area contributed by atoms with Gasteiger partial charge in [-0.2, -0.15) is 4.31 Å². The number of nitrogens with zero attached hydrogens (tertiary/aromatic N) is 3. The molecule has 0 bridgehead atoms. The largest absolute Gasteiger partial charge is 0.485 e. The van der Waals surface area contributed by atoms with E-state index in [1.807, 2.05) is 12.1 Å².